The quantitative estimate of drug-likeness (QED) is 0.157. The monoisotopic (exact) mass is 656 g/mol. The van der Waals surface area contributed by atoms with Gasteiger partial charge in [-0.2, -0.15) is 0 Å². The number of carbonyl (C=O) groups excluding carboxylic acids is 2. The van der Waals surface area contributed by atoms with Crippen molar-refractivity contribution < 1.29 is 34.0 Å². The fraction of sp³-hybridized carbons (Fsp3) is 0.515. The average molecular weight is 657 g/mol. The zero-order valence-electron chi connectivity index (χ0n) is 26.2. The van der Waals surface area contributed by atoms with Gasteiger partial charge in [0.25, 0.3) is 5.56 Å². The first-order valence-electron chi connectivity index (χ1n) is 15.6. The Morgan fingerprint density at radius 2 is 1.98 bits per heavy atom. The molecule has 2 aromatic heterocycles. The van der Waals surface area contributed by atoms with Crippen molar-refractivity contribution in [2.24, 2.45) is 5.92 Å². The zero-order chi connectivity index (χ0) is 33.2. The molecule has 6 rings (SSSR count). The van der Waals surface area contributed by atoms with Gasteiger partial charge < -0.3 is 29.9 Å². The summed E-state index contributed by atoms with van der Waals surface area (Å²) < 4.78 is 21.8. The largest absolute Gasteiger partial charge is 0.458 e. The molecule has 246 valence electrons. The highest BCUT2D eigenvalue weighted by Crippen LogP contribution is 2.46. The molecule has 0 saturated carbocycles. The van der Waals surface area contributed by atoms with Crippen molar-refractivity contribution in [2.45, 2.75) is 90.5 Å². The molecule has 46 heavy (non-hydrogen) atoms. The van der Waals surface area contributed by atoms with Crippen LogP contribution in [0, 0.1) is 11.7 Å². The van der Waals surface area contributed by atoms with Gasteiger partial charge in [-0.25, -0.2) is 14.2 Å². The number of aliphatic hydroxyl groups excluding tert-OH is 2. The molecule has 13 heteroatoms. The maximum absolute atomic E-state index is 15.1. The first-order valence-corrected chi connectivity index (χ1v) is 16.0. The Morgan fingerprint density at radius 1 is 1.24 bits per heavy atom. The number of hydrogen-bond donors (Lipinski definition) is 4. The van der Waals surface area contributed by atoms with E-state index < -0.39 is 41.3 Å². The summed E-state index contributed by atoms with van der Waals surface area (Å²) in [6.45, 7) is 6.87. The molecule has 0 bridgehead atoms. The number of benzene rings is 1. The number of nitrogens with zero attached hydrogens (tertiary/aromatic N) is 3. The van der Waals surface area contributed by atoms with Crippen molar-refractivity contribution in [2.75, 3.05) is 13.1 Å². The van der Waals surface area contributed by atoms with Crippen LogP contribution in [0.2, 0.25) is 5.02 Å². The second-order valence-corrected chi connectivity index (χ2v) is 13.4. The Kier molecular flexibility index (Phi) is 8.47. The smallest absolute Gasteiger partial charge is 0.343 e. The lowest BCUT2D eigenvalue weighted by atomic mass is 9.83. The van der Waals surface area contributed by atoms with Crippen molar-refractivity contribution in [1.82, 2.24) is 19.8 Å². The lowest BCUT2D eigenvalue weighted by Gasteiger charge is -2.32. The topological polar surface area (TPSA) is 154 Å². The molecule has 4 atom stereocenters. The van der Waals surface area contributed by atoms with Crippen molar-refractivity contribution in [1.29, 1.82) is 0 Å². The molecular weight excluding hydrogens is 619 g/mol. The molecular formula is C33H38ClFN4O7. The van der Waals surface area contributed by atoms with Gasteiger partial charge in [-0.05, 0) is 55.7 Å². The van der Waals surface area contributed by atoms with Crippen LogP contribution < -0.4 is 10.9 Å². The minimum absolute atomic E-state index is 0.00982. The van der Waals surface area contributed by atoms with Crippen LogP contribution in [-0.4, -0.2) is 67.1 Å². The van der Waals surface area contributed by atoms with Gasteiger partial charge in [0.05, 0.1) is 52.7 Å². The number of aliphatic hydroxyl groups is 3. The number of fused-ring (bicyclic) bond motifs is 5. The average Bonchev–Trinajstić information content (AvgIpc) is 3.36. The molecule has 1 amide bonds. The second-order valence-electron chi connectivity index (χ2n) is 13.0. The second kappa shape index (κ2) is 12.0. The van der Waals surface area contributed by atoms with Crippen LogP contribution >= 0.6 is 11.6 Å². The van der Waals surface area contributed by atoms with E-state index in [1.165, 1.54) is 15.5 Å². The molecule has 1 aliphatic carbocycles. The Morgan fingerprint density at radius 3 is 2.65 bits per heavy atom. The van der Waals surface area contributed by atoms with Crippen LogP contribution in [0.15, 0.2) is 16.9 Å². The predicted molar refractivity (Wildman–Crippen MR) is 167 cm³/mol. The van der Waals surface area contributed by atoms with Crippen LogP contribution in [0.5, 0.6) is 0 Å². The molecule has 1 aromatic carbocycles. The first kappa shape index (κ1) is 32.5. The molecule has 4 heterocycles. The number of aryl methyl sites for hydroxylation is 1. The number of amides is 1. The summed E-state index contributed by atoms with van der Waals surface area (Å²) in [5.41, 5.74) is 0.839. The molecule has 0 spiro atoms. The number of cyclic esters (lactones) is 1. The lowest BCUT2D eigenvalue weighted by molar-refractivity contribution is -0.172. The van der Waals surface area contributed by atoms with Crippen molar-refractivity contribution in [3.8, 4) is 11.4 Å². The number of aromatic nitrogens is 2. The predicted octanol–water partition coefficient (Wildman–Crippen LogP) is 3.02. The minimum atomic E-state index is -2.00. The SMILES string of the molecule is CC[C@@]1(O)C(=O)OCc2c1cc1n(c2=O)Cc2c-1nc1cc(F)c(Cl)c3c1c2C(NC(=O)CN(CC(C)O)C(O)CC(C)C)CC3. The highest BCUT2D eigenvalue weighted by atomic mass is 35.5. The van der Waals surface area contributed by atoms with Gasteiger partial charge in [0.15, 0.2) is 5.60 Å². The van der Waals surface area contributed by atoms with Crippen LogP contribution in [0.25, 0.3) is 22.3 Å². The highest BCUT2D eigenvalue weighted by Gasteiger charge is 2.46. The van der Waals surface area contributed by atoms with E-state index in [1.54, 1.807) is 19.9 Å². The van der Waals surface area contributed by atoms with Crippen LogP contribution in [0.4, 0.5) is 4.39 Å². The third-order valence-electron chi connectivity index (χ3n) is 9.33. The number of rotatable bonds is 9. The van der Waals surface area contributed by atoms with E-state index in [1.807, 2.05) is 13.8 Å². The maximum Gasteiger partial charge on any atom is 0.343 e. The normalized spacial score (nSPS) is 21.2. The van der Waals surface area contributed by atoms with E-state index in [4.69, 9.17) is 21.3 Å². The minimum Gasteiger partial charge on any atom is -0.458 e. The van der Waals surface area contributed by atoms with Gasteiger partial charge in [0.2, 0.25) is 5.91 Å². The summed E-state index contributed by atoms with van der Waals surface area (Å²) >= 11 is 6.46. The number of esters is 1. The Bertz CT molecular complexity index is 1830. The third-order valence-corrected chi connectivity index (χ3v) is 9.73. The van der Waals surface area contributed by atoms with E-state index in [9.17, 15) is 29.7 Å². The molecule has 0 radical (unpaired) electrons. The summed E-state index contributed by atoms with van der Waals surface area (Å²) in [4.78, 5) is 46.3. The van der Waals surface area contributed by atoms with E-state index >= 15 is 4.39 Å². The van der Waals surface area contributed by atoms with Crippen molar-refractivity contribution in [3.05, 3.63) is 61.1 Å². The number of hydrogen-bond acceptors (Lipinski definition) is 9. The Labute approximate surface area is 269 Å². The fourth-order valence-corrected chi connectivity index (χ4v) is 7.37. The number of halogens is 2. The van der Waals surface area contributed by atoms with Gasteiger partial charge in [-0.15, -0.1) is 0 Å². The zero-order valence-corrected chi connectivity index (χ0v) is 26.9. The Balaban J connectivity index is 1.46. The fourth-order valence-electron chi connectivity index (χ4n) is 7.12. The van der Waals surface area contributed by atoms with E-state index in [-0.39, 0.29) is 60.6 Å². The molecule has 0 fully saturated rings. The van der Waals surface area contributed by atoms with Crippen molar-refractivity contribution >= 4 is 34.4 Å². The summed E-state index contributed by atoms with van der Waals surface area (Å²) in [7, 11) is 0. The van der Waals surface area contributed by atoms with E-state index in [0.717, 1.165) is 0 Å². The third kappa shape index (κ3) is 5.29. The van der Waals surface area contributed by atoms with Gasteiger partial charge in [0.1, 0.15) is 18.7 Å². The van der Waals surface area contributed by atoms with Crippen LogP contribution in [0.3, 0.4) is 0 Å². The molecule has 3 aliphatic rings. The van der Waals surface area contributed by atoms with Gasteiger partial charge in [-0.1, -0.05) is 32.4 Å². The summed E-state index contributed by atoms with van der Waals surface area (Å²) in [6.07, 6.45) is -0.549. The molecule has 3 aromatic rings. The van der Waals surface area contributed by atoms with Gasteiger partial charge in [-0.3, -0.25) is 14.5 Å². The number of pyridine rings is 2. The summed E-state index contributed by atoms with van der Waals surface area (Å²) in [5, 5.41) is 35.8. The van der Waals surface area contributed by atoms with Crippen LogP contribution in [0.1, 0.15) is 80.8 Å². The number of carbonyl (C=O) groups is 2. The number of nitrogens with one attached hydrogen (secondary N) is 1. The van der Waals surface area contributed by atoms with Crippen LogP contribution in [-0.2, 0) is 39.5 Å². The molecule has 2 aliphatic heterocycles. The van der Waals surface area contributed by atoms with E-state index in [2.05, 4.69) is 5.32 Å². The standard InChI is InChI=1S/C33H38ClFN4O7/c1-5-33(45)20-9-24-30-18(12-39(24)31(43)19(20)14-46-32(33)44)28-22(7-6-17-27(28)23(37-30)10-21(35)29(17)34)36-25(41)13-38(11-16(4)40)26(42)8-15(2)3/h9-10,15-16,22,26,40,42,45H,5-8,11-14H2,1-4H3,(H,36,41)/t16?,22?,26?,33-/m0/s1. The maximum atomic E-state index is 15.1. The highest BCUT2D eigenvalue weighted by molar-refractivity contribution is 6.32. The molecule has 4 N–H and O–H groups in total. The molecule has 0 saturated heterocycles. The Hall–Kier alpha value is -3.42. The molecule has 3 unspecified atom stereocenters. The van der Waals surface area contributed by atoms with E-state index in [0.29, 0.717) is 58.2 Å². The summed E-state index contributed by atoms with van der Waals surface area (Å²) in [5.74, 6) is -1.69. The lowest BCUT2D eigenvalue weighted by Crippen LogP contribution is -2.47. The number of ether oxygens (including phenoxy) is 1. The first-order chi connectivity index (χ1) is 21.7. The molecule has 11 nitrogen and oxygen atoms in total. The van der Waals surface area contributed by atoms with Gasteiger partial charge in [0, 0.05) is 29.1 Å². The van der Waals surface area contributed by atoms with Gasteiger partial charge >= 0.3 is 5.97 Å². The summed E-state index contributed by atoms with van der Waals surface area (Å²) in [6, 6.07) is 2.26. The van der Waals surface area contributed by atoms with Crippen molar-refractivity contribution in [3.63, 3.8) is 0 Å².